The van der Waals surface area contributed by atoms with E-state index in [1.54, 1.807) is 42.5 Å². The van der Waals surface area contributed by atoms with Gasteiger partial charge in [-0.3, -0.25) is 0 Å². The van der Waals surface area contributed by atoms with E-state index in [1.807, 2.05) is 6.07 Å². The molecule has 1 N–H and O–H groups in total. The lowest BCUT2D eigenvalue weighted by molar-refractivity contribution is -0.145. The smallest absolute Gasteiger partial charge is 0.345 e. The SMILES string of the molecule is COc1cccc(O[C@@H](Cc2ccccc2Cl)C(=O)O)c1. The van der Waals surface area contributed by atoms with E-state index in [4.69, 9.17) is 21.1 Å². The Labute approximate surface area is 127 Å². The fraction of sp³-hybridized carbons (Fsp3) is 0.188. The van der Waals surface area contributed by atoms with Crippen molar-refractivity contribution >= 4 is 17.6 Å². The number of halogens is 1. The fourth-order valence-electron chi connectivity index (χ4n) is 1.88. The van der Waals surface area contributed by atoms with Gasteiger partial charge in [0.15, 0.2) is 6.10 Å². The van der Waals surface area contributed by atoms with Gasteiger partial charge in [-0.15, -0.1) is 0 Å². The Morgan fingerprint density at radius 2 is 1.90 bits per heavy atom. The van der Waals surface area contributed by atoms with Crippen LogP contribution >= 0.6 is 11.6 Å². The first-order valence-electron chi connectivity index (χ1n) is 6.37. The summed E-state index contributed by atoms with van der Waals surface area (Å²) in [5.74, 6) is 0.000857. The van der Waals surface area contributed by atoms with Crippen molar-refractivity contribution in [1.82, 2.24) is 0 Å². The highest BCUT2D eigenvalue weighted by atomic mass is 35.5. The lowest BCUT2D eigenvalue weighted by Gasteiger charge is -2.16. The first kappa shape index (κ1) is 15.2. The molecule has 0 radical (unpaired) electrons. The van der Waals surface area contributed by atoms with Crippen LogP contribution in [0.5, 0.6) is 11.5 Å². The van der Waals surface area contributed by atoms with E-state index in [1.165, 1.54) is 7.11 Å². The molecule has 2 rings (SSSR count). The van der Waals surface area contributed by atoms with Gasteiger partial charge in [0, 0.05) is 17.5 Å². The molecule has 0 amide bonds. The van der Waals surface area contributed by atoms with Crippen LogP contribution in [0.25, 0.3) is 0 Å². The van der Waals surface area contributed by atoms with Crippen LogP contribution in [0, 0.1) is 0 Å². The molecule has 0 saturated carbocycles. The van der Waals surface area contributed by atoms with Crippen molar-refractivity contribution in [3.8, 4) is 11.5 Å². The molecule has 0 aliphatic heterocycles. The summed E-state index contributed by atoms with van der Waals surface area (Å²) in [6, 6.07) is 13.9. The van der Waals surface area contributed by atoms with Crippen LogP contribution in [0.3, 0.4) is 0 Å². The fourth-order valence-corrected chi connectivity index (χ4v) is 2.09. The number of ether oxygens (including phenoxy) is 2. The van der Waals surface area contributed by atoms with Crippen molar-refractivity contribution in [1.29, 1.82) is 0 Å². The van der Waals surface area contributed by atoms with Gasteiger partial charge in [-0.1, -0.05) is 35.9 Å². The molecule has 0 aromatic heterocycles. The topological polar surface area (TPSA) is 55.8 Å². The van der Waals surface area contributed by atoms with Crippen LogP contribution in [0.2, 0.25) is 5.02 Å². The molecule has 0 aliphatic rings. The highest BCUT2D eigenvalue weighted by molar-refractivity contribution is 6.31. The summed E-state index contributed by atoms with van der Waals surface area (Å²) >= 11 is 6.06. The van der Waals surface area contributed by atoms with E-state index in [0.717, 1.165) is 5.56 Å². The van der Waals surface area contributed by atoms with Crippen molar-refractivity contribution in [2.75, 3.05) is 7.11 Å². The maximum Gasteiger partial charge on any atom is 0.345 e. The average Bonchev–Trinajstić information content (AvgIpc) is 2.49. The second kappa shape index (κ2) is 6.99. The predicted octanol–water partition coefficient (Wildman–Crippen LogP) is 3.42. The number of methoxy groups -OCH3 is 1. The van der Waals surface area contributed by atoms with Gasteiger partial charge < -0.3 is 14.6 Å². The van der Waals surface area contributed by atoms with E-state index in [0.29, 0.717) is 16.5 Å². The minimum absolute atomic E-state index is 0.187. The van der Waals surface area contributed by atoms with Crippen LogP contribution in [0.15, 0.2) is 48.5 Å². The average molecular weight is 307 g/mol. The van der Waals surface area contributed by atoms with Gasteiger partial charge in [-0.05, 0) is 23.8 Å². The molecular formula is C16H15ClO4. The summed E-state index contributed by atoms with van der Waals surface area (Å²) in [5.41, 5.74) is 0.731. The van der Waals surface area contributed by atoms with Crippen molar-refractivity contribution in [3.63, 3.8) is 0 Å². The third-order valence-electron chi connectivity index (χ3n) is 2.96. The number of benzene rings is 2. The zero-order valence-corrected chi connectivity index (χ0v) is 12.2. The molecule has 0 fully saturated rings. The minimum Gasteiger partial charge on any atom is -0.497 e. The molecular weight excluding hydrogens is 292 g/mol. The summed E-state index contributed by atoms with van der Waals surface area (Å²) in [6.07, 6.45) is -0.830. The van der Waals surface area contributed by atoms with Gasteiger partial charge in [-0.2, -0.15) is 0 Å². The second-order valence-electron chi connectivity index (χ2n) is 4.42. The van der Waals surface area contributed by atoms with Gasteiger partial charge in [-0.25, -0.2) is 4.79 Å². The van der Waals surface area contributed by atoms with Crippen LogP contribution in [0.4, 0.5) is 0 Å². The van der Waals surface area contributed by atoms with E-state index in [-0.39, 0.29) is 6.42 Å². The summed E-state index contributed by atoms with van der Waals surface area (Å²) in [6.45, 7) is 0. The molecule has 21 heavy (non-hydrogen) atoms. The lowest BCUT2D eigenvalue weighted by atomic mass is 10.1. The standard InChI is InChI=1S/C16H15ClO4/c1-20-12-6-4-7-13(10-12)21-15(16(18)19)9-11-5-2-3-8-14(11)17/h2-8,10,15H,9H2,1H3,(H,18,19)/t15-/m0/s1. The van der Waals surface area contributed by atoms with E-state index >= 15 is 0 Å². The van der Waals surface area contributed by atoms with E-state index < -0.39 is 12.1 Å². The quantitative estimate of drug-likeness (QED) is 0.888. The van der Waals surface area contributed by atoms with Crippen LogP contribution in [-0.4, -0.2) is 24.3 Å². The maximum absolute atomic E-state index is 11.4. The predicted molar refractivity (Wildman–Crippen MR) is 80.2 cm³/mol. The van der Waals surface area contributed by atoms with Gasteiger partial charge in [0.25, 0.3) is 0 Å². The van der Waals surface area contributed by atoms with Crippen molar-refractivity contribution in [3.05, 3.63) is 59.1 Å². The molecule has 0 spiro atoms. The number of aliphatic carboxylic acids is 1. The minimum atomic E-state index is -1.04. The highest BCUT2D eigenvalue weighted by Crippen LogP contribution is 2.23. The molecule has 0 unspecified atom stereocenters. The first-order valence-corrected chi connectivity index (χ1v) is 6.75. The number of carboxylic acid groups (broad SMARTS) is 1. The number of hydrogen-bond donors (Lipinski definition) is 1. The summed E-state index contributed by atoms with van der Waals surface area (Å²) in [4.78, 5) is 11.4. The Morgan fingerprint density at radius 1 is 1.19 bits per heavy atom. The summed E-state index contributed by atoms with van der Waals surface area (Å²) < 4.78 is 10.6. The Bertz CT molecular complexity index is 627. The number of hydrogen-bond acceptors (Lipinski definition) is 3. The van der Waals surface area contributed by atoms with Gasteiger partial charge in [0.2, 0.25) is 0 Å². The second-order valence-corrected chi connectivity index (χ2v) is 4.83. The zero-order valence-electron chi connectivity index (χ0n) is 11.5. The molecule has 4 nitrogen and oxygen atoms in total. The number of carbonyl (C=O) groups is 1. The van der Waals surface area contributed by atoms with Crippen molar-refractivity contribution < 1.29 is 19.4 Å². The first-order chi connectivity index (χ1) is 10.1. The molecule has 0 aliphatic carbocycles. The molecule has 0 heterocycles. The van der Waals surface area contributed by atoms with Crippen molar-refractivity contribution in [2.24, 2.45) is 0 Å². The molecule has 0 bridgehead atoms. The Balaban J connectivity index is 2.16. The Morgan fingerprint density at radius 3 is 2.57 bits per heavy atom. The van der Waals surface area contributed by atoms with Gasteiger partial charge in [0.1, 0.15) is 11.5 Å². The molecule has 0 saturated heterocycles. The molecule has 2 aromatic carbocycles. The van der Waals surface area contributed by atoms with Crippen molar-refractivity contribution in [2.45, 2.75) is 12.5 Å². The van der Waals surface area contributed by atoms with Crippen LogP contribution in [0.1, 0.15) is 5.56 Å². The largest absolute Gasteiger partial charge is 0.497 e. The Kier molecular flexibility index (Phi) is 5.06. The molecule has 5 heteroatoms. The van der Waals surface area contributed by atoms with Gasteiger partial charge in [0.05, 0.1) is 7.11 Å². The van der Waals surface area contributed by atoms with Gasteiger partial charge >= 0.3 is 5.97 Å². The summed E-state index contributed by atoms with van der Waals surface area (Å²) in [5, 5.41) is 9.84. The third kappa shape index (κ3) is 4.13. The number of carboxylic acids is 1. The Hall–Kier alpha value is -2.20. The zero-order chi connectivity index (χ0) is 15.2. The molecule has 1 atom stereocenters. The number of rotatable bonds is 6. The third-order valence-corrected chi connectivity index (χ3v) is 3.33. The highest BCUT2D eigenvalue weighted by Gasteiger charge is 2.21. The lowest BCUT2D eigenvalue weighted by Crippen LogP contribution is -2.29. The van der Waals surface area contributed by atoms with E-state index in [2.05, 4.69) is 0 Å². The van der Waals surface area contributed by atoms with Crippen LogP contribution < -0.4 is 9.47 Å². The summed E-state index contributed by atoms with van der Waals surface area (Å²) in [7, 11) is 1.54. The van der Waals surface area contributed by atoms with E-state index in [9.17, 15) is 9.90 Å². The normalized spacial score (nSPS) is 11.7. The molecule has 110 valence electrons. The molecule has 2 aromatic rings. The monoisotopic (exact) mass is 306 g/mol. The maximum atomic E-state index is 11.4. The van der Waals surface area contributed by atoms with Crippen LogP contribution in [-0.2, 0) is 11.2 Å².